The number of hydrogen-bond acceptors (Lipinski definition) is 5. The Bertz CT molecular complexity index is 729. The zero-order valence-electron chi connectivity index (χ0n) is 9.84. The van der Waals surface area contributed by atoms with E-state index in [1.807, 2.05) is 30.3 Å². The van der Waals surface area contributed by atoms with Crippen molar-refractivity contribution < 1.29 is 4.74 Å². The van der Waals surface area contributed by atoms with E-state index in [0.717, 1.165) is 21.0 Å². The third kappa shape index (κ3) is 2.41. The summed E-state index contributed by atoms with van der Waals surface area (Å²) in [6.07, 6.45) is 0. The van der Waals surface area contributed by atoms with E-state index >= 15 is 0 Å². The summed E-state index contributed by atoms with van der Waals surface area (Å²) in [4.78, 5) is 0. The molecule has 3 rings (SSSR count). The molecule has 3 aromatic rings. The van der Waals surface area contributed by atoms with Crippen LogP contribution in [0.4, 0.5) is 5.00 Å². The minimum Gasteiger partial charge on any atom is -0.486 e. The minimum absolute atomic E-state index is 0.319. The highest BCUT2D eigenvalue weighted by Gasteiger charge is 2.09. The molecule has 6 heteroatoms. The second kappa shape index (κ2) is 5.14. The van der Waals surface area contributed by atoms with Gasteiger partial charge in [0.15, 0.2) is 0 Å². The first-order valence-corrected chi connectivity index (χ1v) is 7.19. The SMILES string of the molecule is Nc1snnc1COc1ccc2ccccc2c1Br. The van der Waals surface area contributed by atoms with Gasteiger partial charge < -0.3 is 10.5 Å². The summed E-state index contributed by atoms with van der Waals surface area (Å²) in [5.74, 6) is 0.770. The molecule has 0 saturated carbocycles. The van der Waals surface area contributed by atoms with Crippen molar-refractivity contribution in [3.8, 4) is 5.75 Å². The molecule has 2 N–H and O–H groups in total. The third-order valence-electron chi connectivity index (χ3n) is 2.78. The monoisotopic (exact) mass is 335 g/mol. The van der Waals surface area contributed by atoms with Gasteiger partial charge in [-0.25, -0.2) is 0 Å². The molecule has 0 spiro atoms. The first-order chi connectivity index (χ1) is 9.25. The fourth-order valence-corrected chi connectivity index (χ4v) is 2.83. The molecule has 0 aliphatic heterocycles. The standard InChI is InChI=1S/C13H10BrN3OS/c14-12-9-4-2-1-3-8(9)5-6-11(12)18-7-10-13(15)19-17-16-10/h1-6H,7,15H2. The lowest BCUT2D eigenvalue weighted by molar-refractivity contribution is 0.300. The van der Waals surface area contributed by atoms with Gasteiger partial charge in [0.25, 0.3) is 0 Å². The summed E-state index contributed by atoms with van der Waals surface area (Å²) in [5, 5.41) is 6.80. The Morgan fingerprint density at radius 2 is 2.05 bits per heavy atom. The van der Waals surface area contributed by atoms with E-state index in [1.165, 1.54) is 11.5 Å². The number of anilines is 1. The molecule has 0 aliphatic rings. The first kappa shape index (κ1) is 12.4. The van der Waals surface area contributed by atoms with Crippen molar-refractivity contribution in [3.05, 3.63) is 46.6 Å². The van der Waals surface area contributed by atoms with E-state index in [9.17, 15) is 0 Å². The van der Waals surface area contributed by atoms with Crippen LogP contribution < -0.4 is 10.5 Å². The summed E-state index contributed by atoms with van der Waals surface area (Å²) >= 11 is 4.75. The van der Waals surface area contributed by atoms with Gasteiger partial charge in [-0.15, -0.1) is 5.10 Å². The number of nitrogens with zero attached hydrogens (tertiary/aromatic N) is 2. The zero-order chi connectivity index (χ0) is 13.2. The number of hydrogen-bond donors (Lipinski definition) is 1. The quantitative estimate of drug-likeness (QED) is 0.794. The highest BCUT2D eigenvalue weighted by molar-refractivity contribution is 9.10. The summed E-state index contributed by atoms with van der Waals surface area (Å²) in [6.45, 7) is 0.319. The number of ether oxygens (including phenoxy) is 1. The molecule has 1 aromatic heterocycles. The number of aromatic nitrogens is 2. The third-order valence-corrected chi connectivity index (χ3v) is 4.19. The number of benzene rings is 2. The molecule has 4 nitrogen and oxygen atoms in total. The van der Waals surface area contributed by atoms with Gasteiger partial charge in [0.05, 0.1) is 4.47 Å². The highest BCUT2D eigenvalue weighted by Crippen LogP contribution is 2.33. The molecule has 0 radical (unpaired) electrons. The Labute approximate surface area is 122 Å². The van der Waals surface area contributed by atoms with E-state index in [4.69, 9.17) is 10.5 Å². The summed E-state index contributed by atoms with van der Waals surface area (Å²) in [6, 6.07) is 12.1. The second-order valence-corrected chi connectivity index (χ2v) is 5.55. The van der Waals surface area contributed by atoms with Gasteiger partial charge in [0.1, 0.15) is 23.1 Å². The van der Waals surface area contributed by atoms with E-state index in [-0.39, 0.29) is 0 Å². The van der Waals surface area contributed by atoms with Crippen LogP contribution in [0, 0.1) is 0 Å². The van der Waals surface area contributed by atoms with E-state index in [2.05, 4.69) is 31.6 Å². The van der Waals surface area contributed by atoms with E-state index < -0.39 is 0 Å². The molecular formula is C13H10BrN3OS. The van der Waals surface area contributed by atoms with Crippen LogP contribution in [-0.4, -0.2) is 9.59 Å². The van der Waals surface area contributed by atoms with Crippen LogP contribution >= 0.6 is 27.5 Å². The van der Waals surface area contributed by atoms with Gasteiger partial charge in [-0.1, -0.05) is 34.8 Å². The van der Waals surface area contributed by atoms with Crippen LogP contribution in [0.1, 0.15) is 5.69 Å². The lowest BCUT2D eigenvalue weighted by Gasteiger charge is -2.09. The van der Waals surface area contributed by atoms with E-state index in [1.54, 1.807) is 0 Å². The van der Waals surface area contributed by atoms with Gasteiger partial charge in [-0.05, 0) is 32.8 Å². The van der Waals surface area contributed by atoms with Crippen LogP contribution in [-0.2, 0) is 6.61 Å². The molecule has 2 aromatic carbocycles. The molecule has 96 valence electrons. The van der Waals surface area contributed by atoms with Crippen LogP contribution in [0.25, 0.3) is 10.8 Å². The Balaban J connectivity index is 1.89. The first-order valence-electron chi connectivity index (χ1n) is 5.62. The van der Waals surface area contributed by atoms with E-state index in [0.29, 0.717) is 17.3 Å². The average Bonchev–Trinajstić information content (AvgIpc) is 2.84. The largest absolute Gasteiger partial charge is 0.486 e. The van der Waals surface area contributed by atoms with Crippen LogP contribution in [0.5, 0.6) is 5.75 Å². The van der Waals surface area contributed by atoms with Gasteiger partial charge in [-0.2, -0.15) is 0 Å². The number of fused-ring (bicyclic) bond motifs is 1. The van der Waals surface area contributed by atoms with Crippen LogP contribution in [0.15, 0.2) is 40.9 Å². The summed E-state index contributed by atoms with van der Waals surface area (Å²) in [5.41, 5.74) is 6.41. The average molecular weight is 336 g/mol. The molecule has 1 heterocycles. The Hall–Kier alpha value is -1.66. The highest BCUT2D eigenvalue weighted by atomic mass is 79.9. The molecular weight excluding hydrogens is 326 g/mol. The maximum atomic E-state index is 5.75. The molecule has 19 heavy (non-hydrogen) atoms. The van der Waals surface area contributed by atoms with Gasteiger partial charge in [-0.3, -0.25) is 0 Å². The number of nitrogens with two attached hydrogens (primary N) is 1. The summed E-state index contributed by atoms with van der Waals surface area (Å²) in [7, 11) is 0. The molecule has 0 saturated heterocycles. The fourth-order valence-electron chi connectivity index (χ4n) is 1.79. The molecule has 0 aliphatic carbocycles. The molecule has 0 amide bonds. The van der Waals surface area contributed by atoms with Crippen molar-refractivity contribution in [3.63, 3.8) is 0 Å². The normalized spacial score (nSPS) is 10.8. The van der Waals surface area contributed by atoms with Gasteiger partial charge in [0.2, 0.25) is 0 Å². The topological polar surface area (TPSA) is 61.0 Å². The number of halogens is 1. The van der Waals surface area contributed by atoms with Crippen molar-refractivity contribution in [1.82, 2.24) is 9.59 Å². The van der Waals surface area contributed by atoms with Crippen molar-refractivity contribution in [2.75, 3.05) is 5.73 Å². The Morgan fingerprint density at radius 1 is 1.21 bits per heavy atom. The predicted molar refractivity (Wildman–Crippen MR) is 80.3 cm³/mol. The van der Waals surface area contributed by atoms with Gasteiger partial charge >= 0.3 is 0 Å². The van der Waals surface area contributed by atoms with Crippen molar-refractivity contribution >= 4 is 43.2 Å². The zero-order valence-corrected chi connectivity index (χ0v) is 12.2. The van der Waals surface area contributed by atoms with Gasteiger partial charge in [0, 0.05) is 11.5 Å². The van der Waals surface area contributed by atoms with Crippen LogP contribution in [0.3, 0.4) is 0 Å². The predicted octanol–water partition coefficient (Wildman–Crippen LogP) is 3.62. The maximum Gasteiger partial charge on any atom is 0.136 e. The second-order valence-electron chi connectivity index (χ2n) is 3.97. The van der Waals surface area contributed by atoms with Crippen molar-refractivity contribution in [2.45, 2.75) is 6.61 Å². The molecule has 0 unspecified atom stereocenters. The Morgan fingerprint density at radius 3 is 2.84 bits per heavy atom. The number of nitrogen functional groups attached to an aromatic ring is 1. The molecule has 0 bridgehead atoms. The summed E-state index contributed by atoms with van der Waals surface area (Å²) < 4.78 is 10.5. The smallest absolute Gasteiger partial charge is 0.136 e. The maximum absolute atomic E-state index is 5.75. The van der Waals surface area contributed by atoms with Crippen molar-refractivity contribution in [2.24, 2.45) is 0 Å². The molecule has 0 fully saturated rings. The number of rotatable bonds is 3. The minimum atomic E-state index is 0.319. The lowest BCUT2D eigenvalue weighted by atomic mass is 10.1. The van der Waals surface area contributed by atoms with Crippen molar-refractivity contribution in [1.29, 1.82) is 0 Å². The fraction of sp³-hybridized carbons (Fsp3) is 0.0769. The Kier molecular flexibility index (Phi) is 3.35. The van der Waals surface area contributed by atoms with Crippen LogP contribution in [0.2, 0.25) is 0 Å². The lowest BCUT2D eigenvalue weighted by Crippen LogP contribution is -1.99. The molecule has 0 atom stereocenters.